The molecule has 0 aliphatic heterocycles. The summed E-state index contributed by atoms with van der Waals surface area (Å²) in [6.07, 6.45) is 11.0. The molecular formula is C18H23N3O. The molecule has 2 aromatic rings. The van der Waals surface area contributed by atoms with Crippen molar-refractivity contribution in [2.24, 2.45) is 0 Å². The predicted molar refractivity (Wildman–Crippen MR) is 88.1 cm³/mol. The fourth-order valence-electron chi connectivity index (χ4n) is 3.07. The maximum atomic E-state index is 12.4. The number of rotatable bonds is 5. The third-order valence-electron chi connectivity index (χ3n) is 4.27. The van der Waals surface area contributed by atoms with Crippen molar-refractivity contribution in [1.29, 1.82) is 0 Å². The Bertz CT molecular complexity index is 699. The first-order valence-corrected chi connectivity index (χ1v) is 8.21. The number of aryl methyl sites for hydroxylation is 1. The number of nitrogens with zero attached hydrogens (tertiary/aromatic N) is 2. The van der Waals surface area contributed by atoms with E-state index in [9.17, 15) is 4.79 Å². The van der Waals surface area contributed by atoms with E-state index in [0.29, 0.717) is 12.2 Å². The Morgan fingerprint density at radius 2 is 2.27 bits per heavy atom. The highest BCUT2D eigenvalue weighted by molar-refractivity contribution is 5.99. The first-order valence-electron chi connectivity index (χ1n) is 8.21. The number of fused-ring (bicyclic) bond motifs is 1. The van der Waals surface area contributed by atoms with Crippen LogP contribution in [0, 0.1) is 0 Å². The van der Waals surface area contributed by atoms with Gasteiger partial charge < -0.3 is 9.72 Å². The molecule has 1 aliphatic carbocycles. The van der Waals surface area contributed by atoms with Crippen molar-refractivity contribution in [2.75, 3.05) is 6.54 Å². The van der Waals surface area contributed by atoms with Gasteiger partial charge in [-0.3, -0.25) is 4.79 Å². The van der Waals surface area contributed by atoms with E-state index in [-0.39, 0.29) is 5.91 Å². The summed E-state index contributed by atoms with van der Waals surface area (Å²) in [6.45, 7) is 2.75. The number of nitrogens with one attached hydrogen (secondary N) is 1. The number of carbonyl (C=O) groups is 1. The molecule has 0 radical (unpaired) electrons. The molecule has 1 aliphatic rings. The Labute approximate surface area is 131 Å². The summed E-state index contributed by atoms with van der Waals surface area (Å²) in [5.41, 5.74) is 2.90. The van der Waals surface area contributed by atoms with Gasteiger partial charge in [-0.05, 0) is 44.2 Å². The fourth-order valence-corrected chi connectivity index (χ4v) is 3.07. The van der Waals surface area contributed by atoms with Gasteiger partial charge >= 0.3 is 0 Å². The standard InChI is InChI=1S/C18H23N3O/c1-2-16-20-17(15-10-6-7-13-21(15)16)18(22)19-12-11-14-8-4-3-5-9-14/h6-8,10,13H,2-5,9,11-12H2,1H3,(H,19,22). The smallest absolute Gasteiger partial charge is 0.272 e. The van der Waals surface area contributed by atoms with Crippen LogP contribution < -0.4 is 5.32 Å². The van der Waals surface area contributed by atoms with E-state index in [4.69, 9.17) is 0 Å². The minimum atomic E-state index is -0.0696. The highest BCUT2D eigenvalue weighted by atomic mass is 16.1. The molecule has 3 rings (SSSR count). The Morgan fingerprint density at radius 3 is 3.05 bits per heavy atom. The van der Waals surface area contributed by atoms with Crippen LogP contribution in [0.1, 0.15) is 55.3 Å². The first-order chi connectivity index (χ1) is 10.8. The second kappa shape index (κ2) is 6.77. The molecule has 1 amide bonds. The number of imidazole rings is 1. The molecule has 4 heteroatoms. The fraction of sp³-hybridized carbons (Fsp3) is 0.444. The largest absolute Gasteiger partial charge is 0.350 e. The molecule has 0 atom stereocenters. The highest BCUT2D eigenvalue weighted by Crippen LogP contribution is 2.19. The first kappa shape index (κ1) is 14.8. The van der Waals surface area contributed by atoms with Crippen LogP contribution in [0.25, 0.3) is 5.52 Å². The lowest BCUT2D eigenvalue weighted by Gasteiger charge is -2.12. The van der Waals surface area contributed by atoms with Gasteiger partial charge in [0.15, 0.2) is 5.69 Å². The Morgan fingerprint density at radius 1 is 1.36 bits per heavy atom. The van der Waals surface area contributed by atoms with Crippen LogP contribution in [-0.4, -0.2) is 21.8 Å². The summed E-state index contributed by atoms with van der Waals surface area (Å²) >= 11 is 0. The second-order valence-corrected chi connectivity index (χ2v) is 5.80. The molecule has 0 spiro atoms. The van der Waals surface area contributed by atoms with Crippen molar-refractivity contribution < 1.29 is 4.79 Å². The van der Waals surface area contributed by atoms with E-state index in [2.05, 4.69) is 23.3 Å². The zero-order chi connectivity index (χ0) is 15.4. The SMILES string of the molecule is CCc1nc(C(=O)NCCC2=CCCCC2)c2ccccn12. The third kappa shape index (κ3) is 3.06. The Hall–Kier alpha value is -2.10. The number of hydrogen-bond donors (Lipinski definition) is 1. The van der Waals surface area contributed by atoms with Crippen LogP contribution >= 0.6 is 0 Å². The van der Waals surface area contributed by atoms with E-state index < -0.39 is 0 Å². The topological polar surface area (TPSA) is 46.4 Å². The molecule has 0 saturated heterocycles. The van der Waals surface area contributed by atoms with Crippen LogP contribution in [-0.2, 0) is 6.42 Å². The normalized spacial score (nSPS) is 14.9. The van der Waals surface area contributed by atoms with Crippen LogP contribution in [0.15, 0.2) is 36.0 Å². The zero-order valence-corrected chi connectivity index (χ0v) is 13.1. The molecule has 22 heavy (non-hydrogen) atoms. The second-order valence-electron chi connectivity index (χ2n) is 5.80. The van der Waals surface area contributed by atoms with Crippen LogP contribution in [0.2, 0.25) is 0 Å². The monoisotopic (exact) mass is 297 g/mol. The summed E-state index contributed by atoms with van der Waals surface area (Å²) in [6, 6.07) is 5.86. The maximum Gasteiger partial charge on any atom is 0.272 e. The number of carbonyl (C=O) groups excluding carboxylic acids is 1. The van der Waals surface area contributed by atoms with E-state index in [1.807, 2.05) is 28.8 Å². The van der Waals surface area contributed by atoms with Gasteiger partial charge in [0.2, 0.25) is 0 Å². The molecule has 0 unspecified atom stereocenters. The molecule has 0 fully saturated rings. The van der Waals surface area contributed by atoms with Gasteiger partial charge in [0.05, 0.1) is 5.52 Å². The van der Waals surface area contributed by atoms with Crippen molar-refractivity contribution in [2.45, 2.75) is 45.4 Å². The lowest BCUT2D eigenvalue weighted by Crippen LogP contribution is -2.25. The molecule has 1 N–H and O–H groups in total. The van der Waals surface area contributed by atoms with E-state index in [1.54, 1.807) is 0 Å². The van der Waals surface area contributed by atoms with Crippen molar-refractivity contribution in [3.8, 4) is 0 Å². The molecular weight excluding hydrogens is 274 g/mol. The van der Waals surface area contributed by atoms with Gasteiger partial charge in [0.1, 0.15) is 5.82 Å². The molecule has 116 valence electrons. The van der Waals surface area contributed by atoms with Gasteiger partial charge in [0.25, 0.3) is 5.91 Å². The van der Waals surface area contributed by atoms with E-state index in [0.717, 1.165) is 24.2 Å². The Kier molecular flexibility index (Phi) is 4.56. The lowest BCUT2D eigenvalue weighted by molar-refractivity contribution is 0.0951. The molecule has 0 aromatic carbocycles. The number of aromatic nitrogens is 2. The molecule has 0 saturated carbocycles. The number of allylic oxidation sites excluding steroid dienone is 1. The Balaban J connectivity index is 1.68. The summed E-state index contributed by atoms with van der Waals surface area (Å²) in [5.74, 6) is 0.857. The summed E-state index contributed by atoms with van der Waals surface area (Å²) in [4.78, 5) is 16.9. The van der Waals surface area contributed by atoms with Crippen molar-refractivity contribution in [3.63, 3.8) is 0 Å². The number of amides is 1. The lowest BCUT2D eigenvalue weighted by atomic mass is 9.97. The van der Waals surface area contributed by atoms with Crippen LogP contribution in [0.5, 0.6) is 0 Å². The quantitative estimate of drug-likeness (QED) is 0.858. The average molecular weight is 297 g/mol. The molecule has 0 bridgehead atoms. The van der Waals surface area contributed by atoms with Gasteiger partial charge in [-0.2, -0.15) is 0 Å². The molecule has 4 nitrogen and oxygen atoms in total. The van der Waals surface area contributed by atoms with Crippen molar-refractivity contribution in [1.82, 2.24) is 14.7 Å². The summed E-state index contributed by atoms with van der Waals surface area (Å²) in [7, 11) is 0. The van der Waals surface area contributed by atoms with Gasteiger partial charge in [0, 0.05) is 19.2 Å². The van der Waals surface area contributed by atoms with Gasteiger partial charge in [-0.15, -0.1) is 0 Å². The van der Waals surface area contributed by atoms with Gasteiger partial charge in [-0.1, -0.05) is 24.6 Å². The minimum absolute atomic E-state index is 0.0696. The maximum absolute atomic E-state index is 12.4. The summed E-state index contributed by atoms with van der Waals surface area (Å²) in [5, 5.41) is 3.02. The molecule has 2 heterocycles. The van der Waals surface area contributed by atoms with Crippen molar-refractivity contribution >= 4 is 11.4 Å². The van der Waals surface area contributed by atoms with Crippen LogP contribution in [0.4, 0.5) is 0 Å². The summed E-state index contributed by atoms with van der Waals surface area (Å²) < 4.78 is 2.00. The average Bonchev–Trinajstić information content (AvgIpc) is 2.95. The number of hydrogen-bond acceptors (Lipinski definition) is 2. The van der Waals surface area contributed by atoms with Gasteiger partial charge in [-0.25, -0.2) is 4.98 Å². The van der Waals surface area contributed by atoms with E-state index in [1.165, 1.54) is 31.3 Å². The van der Waals surface area contributed by atoms with Crippen molar-refractivity contribution in [3.05, 3.63) is 47.6 Å². The number of pyridine rings is 1. The zero-order valence-electron chi connectivity index (χ0n) is 13.1. The molecule has 2 aromatic heterocycles. The predicted octanol–water partition coefficient (Wildman–Crippen LogP) is 3.52. The third-order valence-corrected chi connectivity index (χ3v) is 4.27. The highest BCUT2D eigenvalue weighted by Gasteiger charge is 2.16. The van der Waals surface area contributed by atoms with Crippen LogP contribution in [0.3, 0.4) is 0 Å². The van der Waals surface area contributed by atoms with E-state index >= 15 is 0 Å². The minimum Gasteiger partial charge on any atom is -0.350 e.